The van der Waals surface area contributed by atoms with Crippen LogP contribution in [0.15, 0.2) is 43.0 Å². The molecule has 0 spiro atoms. The molecular weight excluding hydrogens is 485 g/mol. The molecule has 2 aliphatic rings. The Morgan fingerprint density at radius 2 is 1.92 bits per heavy atom. The number of hydrogen-bond acceptors (Lipinski definition) is 5. The van der Waals surface area contributed by atoms with Crippen LogP contribution in [0.4, 0.5) is 10.1 Å². The summed E-state index contributed by atoms with van der Waals surface area (Å²) < 4.78 is 58.6. The van der Waals surface area contributed by atoms with Gasteiger partial charge in [-0.15, -0.1) is 6.58 Å². The molecule has 1 unspecified atom stereocenters. The van der Waals surface area contributed by atoms with Gasteiger partial charge in [0, 0.05) is 24.4 Å². The van der Waals surface area contributed by atoms with Gasteiger partial charge in [0.25, 0.3) is 5.71 Å². The largest absolute Gasteiger partial charge is 0.493 e. The highest BCUT2D eigenvalue weighted by Crippen LogP contribution is 2.39. The molecule has 0 radical (unpaired) electrons. The summed E-state index contributed by atoms with van der Waals surface area (Å²) in [4.78, 5) is 12.3. The van der Waals surface area contributed by atoms with Crippen LogP contribution >= 0.6 is 0 Å². The number of fused-ring (bicyclic) bond motifs is 1. The molecule has 190 valence electrons. The minimum atomic E-state index is -3.42. The maximum Gasteiger partial charge on any atom is 0.345 e. The van der Waals surface area contributed by atoms with E-state index in [1.54, 1.807) is 30.3 Å². The van der Waals surface area contributed by atoms with Crippen LogP contribution < -0.4 is 24.2 Å². The first-order chi connectivity index (χ1) is 17.2. The van der Waals surface area contributed by atoms with E-state index in [1.807, 2.05) is 0 Å². The molecular formula is C26H29FN3O5S+. The number of nitrogens with zero attached hydrogens (tertiary/aromatic N) is 1. The van der Waals surface area contributed by atoms with Crippen LogP contribution in [0, 0.1) is 11.7 Å². The topological polar surface area (TPSA) is 108 Å². The Morgan fingerprint density at radius 1 is 1.22 bits per heavy atom. The molecule has 2 aromatic carbocycles. The average molecular weight is 515 g/mol. The van der Waals surface area contributed by atoms with Gasteiger partial charge in [-0.05, 0) is 43.5 Å². The van der Waals surface area contributed by atoms with Crippen molar-refractivity contribution in [3.05, 3.63) is 65.5 Å². The van der Waals surface area contributed by atoms with E-state index in [-0.39, 0.29) is 29.7 Å². The second-order valence-corrected chi connectivity index (χ2v) is 10.7. The van der Waals surface area contributed by atoms with E-state index in [2.05, 4.69) is 16.6 Å². The number of rotatable bonds is 9. The molecule has 4 rings (SSSR count). The molecule has 36 heavy (non-hydrogen) atoms. The van der Waals surface area contributed by atoms with E-state index in [1.165, 1.54) is 27.3 Å². The van der Waals surface area contributed by atoms with E-state index in [4.69, 9.17) is 14.1 Å². The van der Waals surface area contributed by atoms with Crippen molar-refractivity contribution in [2.45, 2.75) is 30.9 Å². The SMILES string of the molecule is C=CC1Cc2c(F)cc(OC)c(OC)c2C(c2ccc(NS(=O)(=O)C3CC3)cc2)=[N+]=C1CC(=O)NC. The van der Waals surface area contributed by atoms with Gasteiger partial charge in [-0.2, -0.15) is 0 Å². The summed E-state index contributed by atoms with van der Waals surface area (Å²) in [6, 6.07) is 7.95. The summed E-state index contributed by atoms with van der Waals surface area (Å²) in [5.41, 5.74) is 2.70. The van der Waals surface area contributed by atoms with Crippen LogP contribution in [0.3, 0.4) is 0 Å². The number of carbonyl (C=O) groups excluding carboxylic acids is 1. The molecule has 0 bridgehead atoms. The number of anilines is 1. The fourth-order valence-corrected chi connectivity index (χ4v) is 5.63. The van der Waals surface area contributed by atoms with Crippen LogP contribution in [0.25, 0.3) is 0 Å². The molecule has 1 aliphatic carbocycles. The zero-order valence-electron chi connectivity index (χ0n) is 20.4. The molecule has 0 saturated heterocycles. The first-order valence-corrected chi connectivity index (χ1v) is 13.1. The summed E-state index contributed by atoms with van der Waals surface area (Å²) in [7, 11) is 1.01. The highest BCUT2D eigenvalue weighted by atomic mass is 32.2. The van der Waals surface area contributed by atoms with E-state index in [0.29, 0.717) is 52.4 Å². The number of halogens is 1. The monoisotopic (exact) mass is 514 g/mol. The molecule has 1 aliphatic heterocycles. The van der Waals surface area contributed by atoms with Crippen LogP contribution in [0.5, 0.6) is 11.5 Å². The average Bonchev–Trinajstić information content (AvgIpc) is 3.72. The minimum Gasteiger partial charge on any atom is -0.493 e. The molecule has 2 N–H and O–H groups in total. The number of nitrogens with one attached hydrogen (secondary N) is 2. The van der Waals surface area contributed by atoms with Gasteiger partial charge in [0.2, 0.25) is 15.9 Å². The van der Waals surface area contributed by atoms with Crippen molar-refractivity contribution in [3.63, 3.8) is 0 Å². The Hall–Kier alpha value is -3.62. The highest BCUT2D eigenvalue weighted by molar-refractivity contribution is 7.93. The standard InChI is InChI=1S/C26H28FN3O5S/c1-5-15-12-19-20(27)13-22(34-3)26(35-4)24(19)25(29-21(15)14-23(31)28-2)16-6-8-17(9-7-16)30-36(32,33)18-10-11-18/h5-9,13,15,18H,1,10-12,14H2,2-4H3,(H,28,31)/p+1. The van der Waals surface area contributed by atoms with Gasteiger partial charge in [-0.25, -0.2) is 12.8 Å². The lowest BCUT2D eigenvalue weighted by Gasteiger charge is -2.16. The van der Waals surface area contributed by atoms with Gasteiger partial charge in [-0.1, -0.05) is 10.7 Å². The van der Waals surface area contributed by atoms with Crippen molar-refractivity contribution in [1.29, 1.82) is 0 Å². The molecule has 1 atom stereocenters. The van der Waals surface area contributed by atoms with Gasteiger partial charge < -0.3 is 14.8 Å². The van der Waals surface area contributed by atoms with Gasteiger partial charge in [0.1, 0.15) is 17.8 Å². The van der Waals surface area contributed by atoms with Crippen molar-refractivity contribution in [3.8, 4) is 11.5 Å². The Labute approximate surface area is 210 Å². The van der Waals surface area contributed by atoms with Crippen molar-refractivity contribution in [2.75, 3.05) is 26.0 Å². The molecule has 0 aromatic heterocycles. The van der Waals surface area contributed by atoms with Crippen LogP contribution in [-0.4, -0.2) is 52.3 Å². The van der Waals surface area contributed by atoms with Crippen molar-refractivity contribution < 1.29 is 27.1 Å². The first-order valence-electron chi connectivity index (χ1n) is 11.6. The summed E-state index contributed by atoms with van der Waals surface area (Å²) in [6.07, 6.45) is 3.19. The number of amides is 1. The van der Waals surface area contributed by atoms with Gasteiger partial charge in [0.15, 0.2) is 11.5 Å². The van der Waals surface area contributed by atoms with Crippen molar-refractivity contribution in [2.24, 2.45) is 5.92 Å². The normalized spacial score (nSPS) is 17.2. The lowest BCUT2D eigenvalue weighted by atomic mass is 9.88. The fourth-order valence-electron chi connectivity index (χ4n) is 4.25. The van der Waals surface area contributed by atoms with E-state index in [9.17, 15) is 13.2 Å². The number of ether oxygens (including phenoxy) is 2. The summed E-state index contributed by atoms with van der Waals surface area (Å²) in [6.45, 7) is 3.89. The molecule has 1 saturated carbocycles. The van der Waals surface area contributed by atoms with Gasteiger partial charge in [0.05, 0.1) is 31.0 Å². The number of benzene rings is 2. The van der Waals surface area contributed by atoms with E-state index < -0.39 is 21.8 Å². The third kappa shape index (κ3) is 5.01. The Balaban J connectivity index is 1.92. The van der Waals surface area contributed by atoms with Crippen LogP contribution in [0.2, 0.25) is 0 Å². The smallest absolute Gasteiger partial charge is 0.345 e. The Morgan fingerprint density at radius 3 is 2.47 bits per heavy atom. The lowest BCUT2D eigenvalue weighted by molar-refractivity contribution is -0.119. The summed E-state index contributed by atoms with van der Waals surface area (Å²) >= 11 is 0. The molecule has 1 heterocycles. The predicted octanol–water partition coefficient (Wildman–Crippen LogP) is 2.59. The number of hydrogen-bond donors (Lipinski definition) is 2. The quantitative estimate of drug-likeness (QED) is 0.395. The third-order valence-electron chi connectivity index (χ3n) is 6.35. The second kappa shape index (κ2) is 10.2. The Bertz CT molecular complexity index is 1380. The maximum atomic E-state index is 15.4. The summed E-state index contributed by atoms with van der Waals surface area (Å²) in [5, 5.41) is 2.25. The minimum absolute atomic E-state index is 0.00498. The van der Waals surface area contributed by atoms with E-state index in [0.717, 1.165) is 0 Å². The number of allylic oxidation sites excluding steroid dienone is 1. The fraction of sp³-hybridized carbons (Fsp3) is 0.346. The van der Waals surface area contributed by atoms with Crippen LogP contribution in [0.1, 0.15) is 36.0 Å². The zero-order chi connectivity index (χ0) is 26.0. The third-order valence-corrected chi connectivity index (χ3v) is 8.22. The molecule has 1 amide bonds. The Kier molecular flexibility index (Phi) is 7.19. The first kappa shape index (κ1) is 25.5. The van der Waals surface area contributed by atoms with Crippen molar-refractivity contribution >= 4 is 33.0 Å². The van der Waals surface area contributed by atoms with Gasteiger partial charge in [-0.3, -0.25) is 9.52 Å². The zero-order valence-corrected chi connectivity index (χ0v) is 21.2. The highest BCUT2D eigenvalue weighted by Gasteiger charge is 2.38. The number of methoxy groups -OCH3 is 2. The number of carbonyl (C=O) groups is 1. The van der Waals surface area contributed by atoms with Crippen LogP contribution in [-0.2, 0) is 21.2 Å². The predicted molar refractivity (Wildman–Crippen MR) is 138 cm³/mol. The number of sulfonamides is 1. The molecule has 10 heteroatoms. The van der Waals surface area contributed by atoms with Crippen molar-refractivity contribution in [1.82, 2.24) is 9.98 Å². The summed E-state index contributed by atoms with van der Waals surface area (Å²) in [5.74, 6) is -0.593. The molecule has 2 aromatic rings. The second-order valence-electron chi connectivity index (χ2n) is 8.72. The molecule has 8 nitrogen and oxygen atoms in total. The van der Waals surface area contributed by atoms with E-state index >= 15 is 4.39 Å². The van der Waals surface area contributed by atoms with Gasteiger partial charge >= 0.3 is 5.71 Å². The maximum absolute atomic E-state index is 15.4. The molecule has 1 fully saturated rings. The lowest BCUT2D eigenvalue weighted by Crippen LogP contribution is -2.27.